The molecule has 0 saturated carbocycles. The SMILES string of the molecule is CCOc1cccn(Cc2ccc(C(=O)O)cc2)c1=O. The summed E-state index contributed by atoms with van der Waals surface area (Å²) in [6.07, 6.45) is 1.68. The Morgan fingerprint density at radius 1 is 1.25 bits per heavy atom. The van der Waals surface area contributed by atoms with Crippen LogP contribution in [0.2, 0.25) is 0 Å². The normalized spacial score (nSPS) is 10.2. The molecule has 0 unspecified atom stereocenters. The Kier molecular flexibility index (Phi) is 4.20. The van der Waals surface area contributed by atoms with E-state index in [9.17, 15) is 9.59 Å². The van der Waals surface area contributed by atoms with Gasteiger partial charge in [0.15, 0.2) is 5.75 Å². The van der Waals surface area contributed by atoms with E-state index in [0.717, 1.165) is 5.56 Å². The third-order valence-electron chi connectivity index (χ3n) is 2.84. The number of aromatic nitrogens is 1. The van der Waals surface area contributed by atoms with Crippen molar-refractivity contribution in [3.8, 4) is 5.75 Å². The first-order valence-electron chi connectivity index (χ1n) is 6.26. The lowest BCUT2D eigenvalue weighted by Gasteiger charge is -2.08. The van der Waals surface area contributed by atoms with E-state index in [1.165, 1.54) is 16.7 Å². The van der Waals surface area contributed by atoms with Crippen LogP contribution in [0.1, 0.15) is 22.8 Å². The zero-order chi connectivity index (χ0) is 14.5. The van der Waals surface area contributed by atoms with Gasteiger partial charge in [0.1, 0.15) is 0 Å². The zero-order valence-corrected chi connectivity index (χ0v) is 11.1. The molecule has 2 aromatic rings. The molecule has 0 aliphatic heterocycles. The summed E-state index contributed by atoms with van der Waals surface area (Å²) < 4.78 is 6.78. The molecule has 0 radical (unpaired) electrons. The van der Waals surface area contributed by atoms with Crippen LogP contribution in [-0.2, 0) is 6.54 Å². The average Bonchev–Trinajstić information content (AvgIpc) is 2.44. The number of ether oxygens (including phenoxy) is 1. The van der Waals surface area contributed by atoms with Gasteiger partial charge in [-0.05, 0) is 36.8 Å². The highest BCUT2D eigenvalue weighted by Crippen LogP contribution is 2.07. The Hall–Kier alpha value is -2.56. The quantitative estimate of drug-likeness (QED) is 0.904. The van der Waals surface area contributed by atoms with E-state index in [4.69, 9.17) is 9.84 Å². The van der Waals surface area contributed by atoms with Crippen molar-refractivity contribution in [2.45, 2.75) is 13.5 Å². The highest BCUT2D eigenvalue weighted by atomic mass is 16.5. The summed E-state index contributed by atoms with van der Waals surface area (Å²) in [4.78, 5) is 22.9. The minimum atomic E-state index is -0.966. The molecule has 1 aromatic heterocycles. The maximum atomic E-state index is 12.1. The predicted molar refractivity (Wildman–Crippen MR) is 74.4 cm³/mol. The van der Waals surface area contributed by atoms with Crippen LogP contribution < -0.4 is 10.3 Å². The van der Waals surface area contributed by atoms with Crippen LogP contribution in [0.3, 0.4) is 0 Å². The molecular formula is C15H15NO4. The fourth-order valence-electron chi connectivity index (χ4n) is 1.85. The highest BCUT2D eigenvalue weighted by Gasteiger charge is 2.05. The maximum Gasteiger partial charge on any atom is 0.335 e. The third-order valence-corrected chi connectivity index (χ3v) is 2.84. The number of aromatic carboxylic acids is 1. The van der Waals surface area contributed by atoms with Crippen LogP contribution in [0, 0.1) is 0 Å². The second-order valence-corrected chi connectivity index (χ2v) is 4.24. The van der Waals surface area contributed by atoms with Crippen LogP contribution in [-0.4, -0.2) is 22.2 Å². The first-order chi connectivity index (χ1) is 9.61. The van der Waals surface area contributed by atoms with Crippen LogP contribution in [0.4, 0.5) is 0 Å². The number of carboxylic acids is 1. The monoisotopic (exact) mass is 273 g/mol. The summed E-state index contributed by atoms with van der Waals surface area (Å²) in [5.41, 5.74) is 0.881. The van der Waals surface area contributed by atoms with E-state index in [0.29, 0.717) is 18.9 Å². The second-order valence-electron chi connectivity index (χ2n) is 4.24. The molecule has 104 valence electrons. The highest BCUT2D eigenvalue weighted by molar-refractivity contribution is 5.87. The lowest BCUT2D eigenvalue weighted by molar-refractivity contribution is 0.0697. The molecule has 0 fully saturated rings. The van der Waals surface area contributed by atoms with Crippen molar-refractivity contribution in [3.05, 3.63) is 64.1 Å². The van der Waals surface area contributed by atoms with Gasteiger partial charge in [0.2, 0.25) is 0 Å². The van der Waals surface area contributed by atoms with Gasteiger partial charge in [-0.15, -0.1) is 0 Å². The molecule has 0 amide bonds. The predicted octanol–water partition coefficient (Wildman–Crippen LogP) is 1.99. The van der Waals surface area contributed by atoms with Crippen molar-refractivity contribution in [1.29, 1.82) is 0 Å². The van der Waals surface area contributed by atoms with Crippen LogP contribution in [0.5, 0.6) is 5.75 Å². The Labute approximate surface area is 116 Å². The number of nitrogens with zero attached hydrogens (tertiary/aromatic N) is 1. The summed E-state index contributed by atoms with van der Waals surface area (Å²) in [6, 6.07) is 9.82. The lowest BCUT2D eigenvalue weighted by Crippen LogP contribution is -2.21. The maximum absolute atomic E-state index is 12.1. The summed E-state index contributed by atoms with van der Waals surface area (Å²) in [5, 5.41) is 8.83. The smallest absolute Gasteiger partial charge is 0.335 e. The van der Waals surface area contributed by atoms with Crippen molar-refractivity contribution in [1.82, 2.24) is 4.57 Å². The Morgan fingerprint density at radius 2 is 1.95 bits per heavy atom. The van der Waals surface area contributed by atoms with Gasteiger partial charge >= 0.3 is 5.97 Å². The molecule has 0 aliphatic carbocycles. The molecular weight excluding hydrogens is 258 g/mol. The third kappa shape index (κ3) is 3.06. The van der Waals surface area contributed by atoms with Gasteiger partial charge in [0, 0.05) is 6.20 Å². The van der Waals surface area contributed by atoms with Gasteiger partial charge in [-0.25, -0.2) is 4.79 Å². The molecule has 1 N–H and O–H groups in total. The number of hydrogen-bond acceptors (Lipinski definition) is 3. The lowest BCUT2D eigenvalue weighted by atomic mass is 10.1. The van der Waals surface area contributed by atoms with Gasteiger partial charge in [-0.2, -0.15) is 0 Å². The molecule has 1 aromatic carbocycles. The van der Waals surface area contributed by atoms with E-state index in [2.05, 4.69) is 0 Å². The Morgan fingerprint density at radius 3 is 2.55 bits per heavy atom. The Bertz CT molecular complexity index is 658. The zero-order valence-electron chi connectivity index (χ0n) is 11.1. The van der Waals surface area contributed by atoms with Crippen molar-refractivity contribution < 1.29 is 14.6 Å². The summed E-state index contributed by atoms with van der Waals surface area (Å²) in [6.45, 7) is 2.63. The van der Waals surface area contributed by atoms with E-state index in [1.54, 1.807) is 30.5 Å². The van der Waals surface area contributed by atoms with Crippen molar-refractivity contribution >= 4 is 5.97 Å². The van der Waals surface area contributed by atoms with Gasteiger partial charge in [-0.1, -0.05) is 12.1 Å². The van der Waals surface area contributed by atoms with E-state index < -0.39 is 5.97 Å². The number of rotatable bonds is 5. The number of pyridine rings is 1. The molecule has 0 bridgehead atoms. The van der Waals surface area contributed by atoms with Crippen molar-refractivity contribution in [2.75, 3.05) is 6.61 Å². The average molecular weight is 273 g/mol. The van der Waals surface area contributed by atoms with Crippen molar-refractivity contribution in [3.63, 3.8) is 0 Å². The van der Waals surface area contributed by atoms with E-state index in [-0.39, 0.29) is 11.1 Å². The fourth-order valence-corrected chi connectivity index (χ4v) is 1.85. The molecule has 0 aliphatic rings. The minimum Gasteiger partial charge on any atom is -0.488 e. The summed E-state index contributed by atoms with van der Waals surface area (Å²) in [7, 11) is 0. The fraction of sp³-hybridized carbons (Fsp3) is 0.200. The molecule has 0 spiro atoms. The van der Waals surface area contributed by atoms with Gasteiger partial charge in [0.25, 0.3) is 5.56 Å². The van der Waals surface area contributed by atoms with Gasteiger partial charge in [-0.3, -0.25) is 4.79 Å². The minimum absolute atomic E-state index is 0.198. The molecule has 5 nitrogen and oxygen atoms in total. The summed E-state index contributed by atoms with van der Waals surface area (Å²) >= 11 is 0. The number of carbonyl (C=O) groups is 1. The van der Waals surface area contributed by atoms with Crippen molar-refractivity contribution in [2.24, 2.45) is 0 Å². The molecule has 1 heterocycles. The molecule has 2 rings (SSSR count). The molecule has 5 heteroatoms. The van der Waals surface area contributed by atoms with E-state index >= 15 is 0 Å². The molecule has 0 saturated heterocycles. The molecule has 20 heavy (non-hydrogen) atoms. The topological polar surface area (TPSA) is 68.5 Å². The summed E-state index contributed by atoms with van der Waals surface area (Å²) in [5.74, 6) is -0.649. The van der Waals surface area contributed by atoms with Crippen LogP contribution >= 0.6 is 0 Å². The first-order valence-corrected chi connectivity index (χ1v) is 6.26. The standard InChI is InChI=1S/C15H15NO4/c1-2-20-13-4-3-9-16(14(13)17)10-11-5-7-12(8-6-11)15(18)19/h3-9H,2,10H2,1H3,(H,18,19). The van der Waals surface area contributed by atoms with Crippen LogP contribution in [0.25, 0.3) is 0 Å². The number of carboxylic acid groups (broad SMARTS) is 1. The van der Waals surface area contributed by atoms with E-state index in [1.807, 2.05) is 6.92 Å². The van der Waals surface area contributed by atoms with Crippen LogP contribution in [0.15, 0.2) is 47.4 Å². The second kappa shape index (κ2) is 6.06. The number of benzene rings is 1. The van der Waals surface area contributed by atoms with Gasteiger partial charge in [0.05, 0.1) is 18.7 Å². The Balaban J connectivity index is 2.24. The first kappa shape index (κ1) is 13.9. The number of hydrogen-bond donors (Lipinski definition) is 1. The van der Waals surface area contributed by atoms with Gasteiger partial charge < -0.3 is 14.4 Å². The largest absolute Gasteiger partial charge is 0.488 e. The molecule has 0 atom stereocenters.